The van der Waals surface area contributed by atoms with Gasteiger partial charge in [-0.2, -0.15) is 11.8 Å². The minimum Gasteiger partial charge on any atom is -0.313 e. The second-order valence-corrected chi connectivity index (χ2v) is 8.06. The van der Waals surface area contributed by atoms with E-state index in [-0.39, 0.29) is 0 Å². The molecule has 1 aromatic rings. The molecule has 0 fully saturated rings. The number of hydrogen-bond donors (Lipinski definition) is 1. The first-order chi connectivity index (χ1) is 8.01. The molecule has 17 heavy (non-hydrogen) atoms. The van der Waals surface area contributed by atoms with Crippen LogP contribution in [-0.4, -0.2) is 28.1 Å². The monoisotopic (exact) mass is 272 g/mol. The number of thiazole rings is 1. The highest BCUT2D eigenvalue weighted by Crippen LogP contribution is 2.24. The van der Waals surface area contributed by atoms with Gasteiger partial charge in [-0.25, -0.2) is 0 Å². The summed E-state index contributed by atoms with van der Waals surface area (Å²) in [5.74, 6) is 1.17. The highest BCUT2D eigenvalue weighted by Gasteiger charge is 2.16. The number of nitrogens with one attached hydrogen (secondary N) is 1. The zero-order valence-corrected chi connectivity index (χ0v) is 13.0. The Balaban J connectivity index is 2.42. The Kier molecular flexibility index (Phi) is 6.52. The molecule has 1 atom stereocenters. The van der Waals surface area contributed by atoms with Crippen molar-refractivity contribution in [3.63, 3.8) is 0 Å². The molecule has 0 aliphatic heterocycles. The quantitative estimate of drug-likeness (QED) is 0.821. The van der Waals surface area contributed by atoms with Crippen molar-refractivity contribution in [2.45, 2.75) is 51.3 Å². The lowest BCUT2D eigenvalue weighted by Gasteiger charge is -2.23. The first-order valence-electron chi connectivity index (χ1n) is 6.26. The first kappa shape index (κ1) is 15.0. The Morgan fingerprint density at radius 2 is 2.24 bits per heavy atom. The molecule has 0 aliphatic carbocycles. The fourth-order valence-corrected chi connectivity index (χ4v) is 3.09. The van der Waals surface area contributed by atoms with Crippen molar-refractivity contribution in [2.24, 2.45) is 0 Å². The van der Waals surface area contributed by atoms with Gasteiger partial charge < -0.3 is 5.32 Å². The number of hydrogen-bond acceptors (Lipinski definition) is 4. The Morgan fingerprint density at radius 3 is 2.76 bits per heavy atom. The Hall–Kier alpha value is -0.0600. The summed E-state index contributed by atoms with van der Waals surface area (Å²) < 4.78 is 0.347. The van der Waals surface area contributed by atoms with Crippen LogP contribution >= 0.6 is 23.1 Å². The van der Waals surface area contributed by atoms with Gasteiger partial charge in [0.05, 0.1) is 5.51 Å². The Labute approximate surface area is 114 Å². The average Bonchev–Trinajstić information content (AvgIpc) is 2.73. The largest absolute Gasteiger partial charge is 0.313 e. The van der Waals surface area contributed by atoms with Gasteiger partial charge in [-0.15, -0.1) is 11.3 Å². The molecule has 0 amide bonds. The topological polar surface area (TPSA) is 24.9 Å². The summed E-state index contributed by atoms with van der Waals surface area (Å²) in [6.07, 6.45) is 4.29. The van der Waals surface area contributed by atoms with Crippen molar-refractivity contribution in [3.8, 4) is 0 Å². The van der Waals surface area contributed by atoms with Gasteiger partial charge >= 0.3 is 0 Å². The van der Waals surface area contributed by atoms with E-state index in [1.165, 1.54) is 17.1 Å². The lowest BCUT2D eigenvalue weighted by Crippen LogP contribution is -2.35. The smallest absolute Gasteiger partial charge is 0.0794 e. The summed E-state index contributed by atoms with van der Waals surface area (Å²) >= 11 is 3.79. The number of rotatable bonds is 7. The van der Waals surface area contributed by atoms with Gasteiger partial charge in [0.15, 0.2) is 0 Å². The second kappa shape index (κ2) is 7.39. The maximum absolute atomic E-state index is 4.15. The fourth-order valence-electron chi connectivity index (χ4n) is 1.47. The number of thioether (sulfide) groups is 1. The fraction of sp³-hybridized carbons (Fsp3) is 0.769. The molecular weight excluding hydrogens is 248 g/mol. The van der Waals surface area contributed by atoms with Crippen molar-refractivity contribution in [2.75, 3.05) is 12.3 Å². The molecule has 0 aromatic carbocycles. The molecule has 4 heteroatoms. The third-order valence-electron chi connectivity index (χ3n) is 2.33. The molecule has 1 aromatic heterocycles. The number of aromatic nitrogens is 1. The van der Waals surface area contributed by atoms with Crippen LogP contribution in [0.4, 0.5) is 0 Å². The van der Waals surface area contributed by atoms with E-state index in [4.69, 9.17) is 0 Å². The van der Waals surface area contributed by atoms with Gasteiger partial charge in [-0.05, 0) is 19.4 Å². The van der Waals surface area contributed by atoms with Crippen molar-refractivity contribution in [3.05, 3.63) is 16.6 Å². The van der Waals surface area contributed by atoms with E-state index in [0.29, 0.717) is 10.8 Å². The van der Waals surface area contributed by atoms with Crippen LogP contribution in [0, 0.1) is 0 Å². The molecule has 0 aliphatic rings. The van der Waals surface area contributed by atoms with Crippen LogP contribution in [0.5, 0.6) is 0 Å². The molecule has 98 valence electrons. The minimum absolute atomic E-state index is 0.347. The second-order valence-electron chi connectivity index (χ2n) is 5.25. The zero-order chi connectivity index (χ0) is 12.7. The van der Waals surface area contributed by atoms with Crippen LogP contribution in [0.2, 0.25) is 0 Å². The molecule has 0 spiro atoms. The minimum atomic E-state index is 0.347. The molecule has 0 bridgehead atoms. The van der Waals surface area contributed by atoms with E-state index < -0.39 is 0 Å². The summed E-state index contributed by atoms with van der Waals surface area (Å²) in [5.41, 5.74) is 1.92. The summed E-state index contributed by atoms with van der Waals surface area (Å²) in [6.45, 7) is 10.2. The molecule has 1 heterocycles. The Bertz CT molecular complexity index is 291. The van der Waals surface area contributed by atoms with E-state index in [0.717, 1.165) is 13.0 Å². The molecule has 1 unspecified atom stereocenters. The van der Waals surface area contributed by atoms with Crippen molar-refractivity contribution in [1.82, 2.24) is 10.3 Å². The van der Waals surface area contributed by atoms with Crippen LogP contribution < -0.4 is 5.32 Å². The highest BCUT2D eigenvalue weighted by molar-refractivity contribution is 8.00. The third-order valence-corrected chi connectivity index (χ3v) is 4.57. The summed E-state index contributed by atoms with van der Waals surface area (Å²) in [5, 5.41) is 3.64. The van der Waals surface area contributed by atoms with Gasteiger partial charge in [0.25, 0.3) is 0 Å². The standard InChI is InChI=1S/C13H24N2S2/c1-5-6-15-11(9-17-13(2,3)4)7-12-8-14-10-16-12/h8,10-11,15H,5-7,9H2,1-4H3. The maximum atomic E-state index is 4.15. The van der Waals surface area contributed by atoms with E-state index in [9.17, 15) is 0 Å². The van der Waals surface area contributed by atoms with Gasteiger partial charge in [-0.1, -0.05) is 27.7 Å². The van der Waals surface area contributed by atoms with Gasteiger partial charge in [0, 0.05) is 27.6 Å². The Morgan fingerprint density at radius 1 is 1.47 bits per heavy atom. The van der Waals surface area contributed by atoms with Crippen LogP contribution in [0.1, 0.15) is 39.0 Å². The van der Waals surface area contributed by atoms with E-state index in [1.807, 2.05) is 23.5 Å². The normalized spacial score (nSPS) is 13.9. The predicted octanol–water partition coefficient (Wildman–Crippen LogP) is 3.59. The molecular formula is C13H24N2S2. The van der Waals surface area contributed by atoms with E-state index in [1.54, 1.807) is 11.3 Å². The maximum Gasteiger partial charge on any atom is 0.0794 e. The van der Waals surface area contributed by atoms with Gasteiger partial charge in [0.1, 0.15) is 0 Å². The van der Waals surface area contributed by atoms with Crippen LogP contribution in [0.15, 0.2) is 11.7 Å². The summed E-state index contributed by atoms with van der Waals surface area (Å²) in [7, 11) is 0. The lowest BCUT2D eigenvalue weighted by atomic mass is 10.2. The summed E-state index contributed by atoms with van der Waals surface area (Å²) in [6, 6.07) is 0.569. The van der Waals surface area contributed by atoms with Crippen molar-refractivity contribution in [1.29, 1.82) is 0 Å². The molecule has 1 rings (SSSR count). The molecule has 0 saturated carbocycles. The average molecular weight is 272 g/mol. The molecule has 0 saturated heterocycles. The van der Waals surface area contributed by atoms with E-state index in [2.05, 4.69) is 38.0 Å². The lowest BCUT2D eigenvalue weighted by molar-refractivity contribution is 0.551. The number of nitrogens with zero attached hydrogens (tertiary/aromatic N) is 1. The highest BCUT2D eigenvalue weighted by atomic mass is 32.2. The SMILES string of the molecule is CCCNC(CSC(C)(C)C)Cc1cncs1. The van der Waals surface area contributed by atoms with Crippen molar-refractivity contribution < 1.29 is 0 Å². The molecule has 2 nitrogen and oxygen atoms in total. The predicted molar refractivity (Wildman–Crippen MR) is 80.1 cm³/mol. The first-order valence-corrected chi connectivity index (χ1v) is 8.12. The zero-order valence-electron chi connectivity index (χ0n) is 11.3. The van der Waals surface area contributed by atoms with Gasteiger partial charge in [-0.3, -0.25) is 4.98 Å². The van der Waals surface area contributed by atoms with Crippen LogP contribution in [0.3, 0.4) is 0 Å². The van der Waals surface area contributed by atoms with Crippen LogP contribution in [-0.2, 0) is 6.42 Å². The van der Waals surface area contributed by atoms with E-state index >= 15 is 0 Å². The van der Waals surface area contributed by atoms with Crippen LogP contribution in [0.25, 0.3) is 0 Å². The third kappa shape index (κ3) is 7.06. The molecule has 0 radical (unpaired) electrons. The van der Waals surface area contributed by atoms with Gasteiger partial charge in [0.2, 0.25) is 0 Å². The molecule has 1 N–H and O–H groups in total. The van der Waals surface area contributed by atoms with Crippen molar-refractivity contribution >= 4 is 23.1 Å². The summed E-state index contributed by atoms with van der Waals surface area (Å²) in [4.78, 5) is 5.53.